The van der Waals surface area contributed by atoms with E-state index >= 15 is 0 Å². The number of aliphatic carboxylic acids is 1. The van der Waals surface area contributed by atoms with Gasteiger partial charge in [-0.05, 0) is 18.8 Å². The van der Waals surface area contributed by atoms with Crippen LogP contribution in [0.25, 0.3) is 0 Å². The van der Waals surface area contributed by atoms with Gasteiger partial charge in [-0.25, -0.2) is 0 Å². The van der Waals surface area contributed by atoms with Crippen LogP contribution in [0.5, 0.6) is 0 Å². The molecule has 0 aromatic heterocycles. The molecule has 11 heavy (non-hydrogen) atoms. The van der Waals surface area contributed by atoms with Crippen molar-refractivity contribution in [2.75, 3.05) is 0 Å². The maximum Gasteiger partial charge on any atom is 0.309 e. The van der Waals surface area contributed by atoms with E-state index in [4.69, 9.17) is 5.11 Å². The van der Waals surface area contributed by atoms with Crippen LogP contribution in [0.1, 0.15) is 41.0 Å². The second-order valence-electron chi connectivity index (χ2n) is 4.24. The van der Waals surface area contributed by atoms with Crippen LogP contribution < -0.4 is 0 Å². The minimum atomic E-state index is -0.701. The predicted octanol–water partition coefficient (Wildman–Crippen LogP) is 2.53. The molecule has 2 nitrogen and oxygen atoms in total. The lowest BCUT2D eigenvalue weighted by Gasteiger charge is -2.37. The third-order valence-electron chi connectivity index (χ3n) is 2.83. The third-order valence-corrected chi connectivity index (χ3v) is 2.83. The Labute approximate surface area is 68.6 Å². The van der Waals surface area contributed by atoms with Gasteiger partial charge in [-0.1, -0.05) is 27.7 Å². The molecular weight excluding hydrogens is 140 g/mol. The highest BCUT2D eigenvalue weighted by molar-refractivity contribution is 5.75. The van der Waals surface area contributed by atoms with Crippen LogP contribution in [0.2, 0.25) is 0 Å². The number of carboxylic acids is 1. The lowest BCUT2D eigenvalue weighted by molar-refractivity contribution is -0.154. The van der Waals surface area contributed by atoms with Gasteiger partial charge in [0.2, 0.25) is 0 Å². The topological polar surface area (TPSA) is 37.3 Å². The maximum absolute atomic E-state index is 10.9. The quantitative estimate of drug-likeness (QED) is 0.670. The van der Waals surface area contributed by atoms with E-state index in [0.717, 1.165) is 0 Å². The smallest absolute Gasteiger partial charge is 0.309 e. The van der Waals surface area contributed by atoms with Gasteiger partial charge in [-0.3, -0.25) is 4.79 Å². The molecule has 0 aliphatic carbocycles. The Kier molecular flexibility index (Phi) is 2.70. The summed E-state index contributed by atoms with van der Waals surface area (Å²) in [6, 6.07) is 0. The zero-order valence-corrected chi connectivity index (χ0v) is 8.06. The second kappa shape index (κ2) is 2.84. The van der Waals surface area contributed by atoms with E-state index in [2.05, 4.69) is 0 Å². The predicted molar refractivity (Wildman–Crippen MR) is 45.5 cm³/mol. The van der Waals surface area contributed by atoms with Gasteiger partial charge in [-0.2, -0.15) is 0 Å². The molecule has 0 aromatic carbocycles. The Morgan fingerprint density at radius 1 is 1.27 bits per heavy atom. The van der Waals surface area contributed by atoms with Crippen LogP contribution in [0, 0.1) is 10.8 Å². The summed E-state index contributed by atoms with van der Waals surface area (Å²) < 4.78 is 0. The molecule has 0 radical (unpaired) electrons. The summed E-state index contributed by atoms with van der Waals surface area (Å²) in [5, 5.41) is 8.97. The highest BCUT2D eigenvalue weighted by Gasteiger charge is 2.42. The minimum Gasteiger partial charge on any atom is -0.481 e. The van der Waals surface area contributed by atoms with E-state index in [1.807, 2.05) is 27.7 Å². The average molecular weight is 158 g/mol. The minimum absolute atomic E-state index is 0.173. The first-order valence-corrected chi connectivity index (χ1v) is 3.99. The molecule has 66 valence electrons. The molecule has 0 spiro atoms. The first kappa shape index (κ1) is 10.5. The third kappa shape index (κ3) is 1.73. The Balaban J connectivity index is 4.75. The molecule has 0 bridgehead atoms. The van der Waals surface area contributed by atoms with E-state index in [1.54, 1.807) is 6.92 Å². The summed E-state index contributed by atoms with van der Waals surface area (Å²) >= 11 is 0. The van der Waals surface area contributed by atoms with Crippen LogP contribution in [0.15, 0.2) is 0 Å². The summed E-state index contributed by atoms with van der Waals surface area (Å²) in [4.78, 5) is 10.9. The van der Waals surface area contributed by atoms with Crippen molar-refractivity contribution >= 4 is 5.97 Å². The molecule has 0 heterocycles. The molecule has 0 aliphatic heterocycles. The highest BCUT2D eigenvalue weighted by atomic mass is 16.4. The van der Waals surface area contributed by atoms with Crippen LogP contribution in [-0.4, -0.2) is 11.1 Å². The Morgan fingerprint density at radius 2 is 1.64 bits per heavy atom. The SMILES string of the molecule is CCC(C)(C(=O)O)C(C)(C)C. The van der Waals surface area contributed by atoms with Crippen molar-refractivity contribution in [2.45, 2.75) is 41.0 Å². The van der Waals surface area contributed by atoms with Crippen molar-refractivity contribution in [3.8, 4) is 0 Å². The number of hydrogen-bond donors (Lipinski definition) is 1. The second-order valence-corrected chi connectivity index (χ2v) is 4.24. The van der Waals surface area contributed by atoms with Gasteiger partial charge in [0.05, 0.1) is 5.41 Å². The van der Waals surface area contributed by atoms with E-state index in [0.29, 0.717) is 6.42 Å². The Morgan fingerprint density at radius 3 is 1.64 bits per heavy atom. The monoisotopic (exact) mass is 158 g/mol. The molecular formula is C9H18O2. The molecule has 0 saturated heterocycles. The van der Waals surface area contributed by atoms with Crippen LogP contribution >= 0.6 is 0 Å². The van der Waals surface area contributed by atoms with Gasteiger partial charge in [0, 0.05) is 0 Å². The molecule has 0 amide bonds. The number of hydrogen-bond acceptors (Lipinski definition) is 1. The fourth-order valence-electron chi connectivity index (χ4n) is 1.00. The van der Waals surface area contributed by atoms with Crippen molar-refractivity contribution < 1.29 is 9.90 Å². The van der Waals surface area contributed by atoms with Gasteiger partial charge in [-0.15, -0.1) is 0 Å². The maximum atomic E-state index is 10.9. The molecule has 1 unspecified atom stereocenters. The summed E-state index contributed by atoms with van der Waals surface area (Å²) in [7, 11) is 0. The van der Waals surface area contributed by atoms with E-state index in [-0.39, 0.29) is 5.41 Å². The van der Waals surface area contributed by atoms with Crippen LogP contribution in [0.4, 0.5) is 0 Å². The van der Waals surface area contributed by atoms with Gasteiger partial charge in [0.1, 0.15) is 0 Å². The molecule has 0 aromatic rings. The van der Waals surface area contributed by atoms with E-state index in [9.17, 15) is 4.79 Å². The van der Waals surface area contributed by atoms with Crippen molar-refractivity contribution in [3.63, 3.8) is 0 Å². The van der Waals surface area contributed by atoms with Crippen molar-refractivity contribution in [3.05, 3.63) is 0 Å². The summed E-state index contributed by atoms with van der Waals surface area (Å²) in [6.45, 7) is 9.61. The molecule has 0 fully saturated rings. The number of rotatable bonds is 2. The van der Waals surface area contributed by atoms with Gasteiger partial charge >= 0.3 is 5.97 Å². The number of carbonyl (C=O) groups is 1. The molecule has 2 heteroatoms. The zero-order valence-electron chi connectivity index (χ0n) is 8.06. The summed E-state index contributed by atoms with van der Waals surface area (Å²) in [5.74, 6) is -0.701. The lowest BCUT2D eigenvalue weighted by Crippen LogP contribution is -2.39. The first-order valence-electron chi connectivity index (χ1n) is 3.99. The summed E-state index contributed by atoms with van der Waals surface area (Å²) in [6.07, 6.45) is 0.672. The largest absolute Gasteiger partial charge is 0.481 e. The zero-order chi connectivity index (χ0) is 9.28. The van der Waals surface area contributed by atoms with Gasteiger partial charge in [0.15, 0.2) is 0 Å². The summed E-state index contributed by atoms with van der Waals surface area (Å²) in [5.41, 5.74) is -0.777. The Bertz CT molecular complexity index is 155. The van der Waals surface area contributed by atoms with Crippen molar-refractivity contribution in [1.29, 1.82) is 0 Å². The lowest BCUT2D eigenvalue weighted by atomic mass is 9.66. The normalized spacial score (nSPS) is 17.5. The van der Waals surface area contributed by atoms with Crippen LogP contribution in [0.3, 0.4) is 0 Å². The molecule has 0 saturated carbocycles. The molecule has 1 atom stereocenters. The Hall–Kier alpha value is -0.530. The fourth-order valence-corrected chi connectivity index (χ4v) is 1.00. The fraction of sp³-hybridized carbons (Fsp3) is 0.889. The number of carboxylic acid groups (broad SMARTS) is 1. The highest BCUT2D eigenvalue weighted by Crippen LogP contribution is 2.41. The van der Waals surface area contributed by atoms with E-state index < -0.39 is 11.4 Å². The van der Waals surface area contributed by atoms with Crippen molar-refractivity contribution in [1.82, 2.24) is 0 Å². The van der Waals surface area contributed by atoms with E-state index in [1.165, 1.54) is 0 Å². The van der Waals surface area contributed by atoms with Crippen molar-refractivity contribution in [2.24, 2.45) is 10.8 Å². The average Bonchev–Trinajstić information content (AvgIpc) is 1.83. The van der Waals surface area contributed by atoms with Gasteiger partial charge in [0.25, 0.3) is 0 Å². The van der Waals surface area contributed by atoms with Gasteiger partial charge < -0.3 is 5.11 Å². The first-order chi connectivity index (χ1) is 4.75. The standard InChI is InChI=1S/C9H18O2/c1-6-9(5,7(10)11)8(2,3)4/h6H2,1-5H3,(H,10,11). The van der Waals surface area contributed by atoms with Crippen LogP contribution in [-0.2, 0) is 4.79 Å². The molecule has 1 N–H and O–H groups in total. The molecule has 0 rings (SSSR count). The molecule has 0 aliphatic rings.